The zero-order chi connectivity index (χ0) is 17.8. The summed E-state index contributed by atoms with van der Waals surface area (Å²) in [6.07, 6.45) is 0.992. The molecule has 0 fully saturated rings. The first-order chi connectivity index (χ1) is 12.1. The fourth-order valence-electron chi connectivity index (χ4n) is 2.70. The highest BCUT2D eigenvalue weighted by molar-refractivity contribution is 5.78. The number of oxazole rings is 1. The first-order valence-corrected chi connectivity index (χ1v) is 8.05. The summed E-state index contributed by atoms with van der Waals surface area (Å²) in [6.45, 7) is 0.528. The summed E-state index contributed by atoms with van der Waals surface area (Å²) in [5, 5.41) is 2.91. The zero-order valence-corrected chi connectivity index (χ0v) is 14.2. The Morgan fingerprint density at radius 1 is 1.20 bits per heavy atom. The second-order valence-electron chi connectivity index (χ2n) is 5.86. The Balaban J connectivity index is 1.56. The molecule has 0 aliphatic carbocycles. The molecule has 0 spiro atoms. The summed E-state index contributed by atoms with van der Waals surface area (Å²) in [7, 11) is 3.28. The van der Waals surface area contributed by atoms with Crippen LogP contribution in [0.1, 0.15) is 11.1 Å². The minimum absolute atomic E-state index is 0.0370. The molecule has 0 saturated heterocycles. The van der Waals surface area contributed by atoms with Gasteiger partial charge in [-0.2, -0.15) is 0 Å². The lowest BCUT2D eigenvalue weighted by Gasteiger charge is -2.07. The molecule has 1 heterocycles. The van der Waals surface area contributed by atoms with E-state index in [1.54, 1.807) is 20.2 Å². The van der Waals surface area contributed by atoms with Crippen molar-refractivity contribution < 1.29 is 13.9 Å². The van der Waals surface area contributed by atoms with Crippen molar-refractivity contribution in [3.05, 3.63) is 64.1 Å². The van der Waals surface area contributed by atoms with Gasteiger partial charge in [-0.05, 0) is 41.8 Å². The van der Waals surface area contributed by atoms with Gasteiger partial charge in [0.05, 0.1) is 19.0 Å². The number of amides is 1. The van der Waals surface area contributed by atoms with E-state index in [1.807, 2.05) is 36.4 Å². The van der Waals surface area contributed by atoms with E-state index in [-0.39, 0.29) is 11.7 Å². The molecule has 6 heteroatoms. The van der Waals surface area contributed by atoms with Crippen molar-refractivity contribution in [1.29, 1.82) is 0 Å². The number of methoxy groups -OCH3 is 1. The molecule has 0 aliphatic heterocycles. The fourth-order valence-corrected chi connectivity index (χ4v) is 2.70. The number of hydrogen-bond donors (Lipinski definition) is 1. The normalized spacial score (nSPS) is 10.8. The van der Waals surface area contributed by atoms with Crippen molar-refractivity contribution in [2.24, 2.45) is 7.05 Å². The average Bonchev–Trinajstić information content (AvgIpc) is 2.89. The number of nitrogens with zero attached hydrogens (tertiary/aromatic N) is 1. The molecule has 6 nitrogen and oxygen atoms in total. The fraction of sp³-hybridized carbons (Fsp3) is 0.263. The average molecular weight is 340 g/mol. The Morgan fingerprint density at radius 3 is 2.84 bits per heavy atom. The van der Waals surface area contributed by atoms with Crippen molar-refractivity contribution in [3.63, 3.8) is 0 Å². The smallest absolute Gasteiger partial charge is 0.419 e. The summed E-state index contributed by atoms with van der Waals surface area (Å²) in [5.74, 6) is 0.327. The SMILES string of the molecule is COc1cccc(CC(=O)NCCc2ccc3oc(=O)n(C)c3c2)c1. The topological polar surface area (TPSA) is 73.5 Å². The van der Waals surface area contributed by atoms with Crippen molar-refractivity contribution in [2.45, 2.75) is 12.8 Å². The number of benzene rings is 2. The number of aryl methyl sites for hydroxylation is 1. The van der Waals surface area contributed by atoms with E-state index in [1.165, 1.54) is 4.57 Å². The van der Waals surface area contributed by atoms with E-state index < -0.39 is 0 Å². The van der Waals surface area contributed by atoms with Gasteiger partial charge in [0.1, 0.15) is 5.75 Å². The van der Waals surface area contributed by atoms with Crippen LogP contribution in [0, 0.1) is 0 Å². The Morgan fingerprint density at radius 2 is 2.04 bits per heavy atom. The maximum Gasteiger partial charge on any atom is 0.419 e. The van der Waals surface area contributed by atoms with Gasteiger partial charge in [-0.15, -0.1) is 0 Å². The standard InChI is InChI=1S/C19H20N2O4/c1-21-16-11-13(6-7-17(16)25-19(21)23)8-9-20-18(22)12-14-4-3-5-15(10-14)24-2/h3-7,10-11H,8-9,12H2,1-2H3,(H,20,22). The highest BCUT2D eigenvalue weighted by atomic mass is 16.5. The minimum atomic E-state index is -0.376. The quantitative estimate of drug-likeness (QED) is 0.745. The molecule has 0 saturated carbocycles. The van der Waals surface area contributed by atoms with E-state index in [0.717, 1.165) is 22.4 Å². The summed E-state index contributed by atoms with van der Waals surface area (Å²) in [4.78, 5) is 23.6. The number of ether oxygens (including phenoxy) is 1. The first-order valence-electron chi connectivity index (χ1n) is 8.05. The molecule has 0 unspecified atom stereocenters. The van der Waals surface area contributed by atoms with Crippen molar-refractivity contribution in [1.82, 2.24) is 9.88 Å². The van der Waals surface area contributed by atoms with Crippen LogP contribution in [0.15, 0.2) is 51.7 Å². The Bertz CT molecular complexity index is 955. The number of rotatable bonds is 6. The van der Waals surface area contributed by atoms with Crippen LogP contribution in [-0.2, 0) is 24.7 Å². The molecule has 2 aromatic carbocycles. The van der Waals surface area contributed by atoms with Gasteiger partial charge in [0.25, 0.3) is 0 Å². The molecule has 0 atom stereocenters. The minimum Gasteiger partial charge on any atom is -0.497 e. The summed E-state index contributed by atoms with van der Waals surface area (Å²) < 4.78 is 11.7. The van der Waals surface area contributed by atoms with Crippen molar-refractivity contribution >= 4 is 17.0 Å². The van der Waals surface area contributed by atoms with Gasteiger partial charge in [-0.1, -0.05) is 18.2 Å². The van der Waals surface area contributed by atoms with Crippen LogP contribution in [-0.4, -0.2) is 24.1 Å². The highest BCUT2D eigenvalue weighted by Crippen LogP contribution is 2.15. The number of fused-ring (bicyclic) bond motifs is 1. The predicted molar refractivity (Wildman–Crippen MR) is 94.9 cm³/mol. The van der Waals surface area contributed by atoms with Gasteiger partial charge >= 0.3 is 5.76 Å². The molecule has 1 N–H and O–H groups in total. The van der Waals surface area contributed by atoms with E-state index >= 15 is 0 Å². The lowest BCUT2D eigenvalue weighted by molar-refractivity contribution is -0.120. The van der Waals surface area contributed by atoms with Crippen LogP contribution in [0.4, 0.5) is 0 Å². The van der Waals surface area contributed by atoms with Crippen LogP contribution < -0.4 is 15.8 Å². The molecule has 130 valence electrons. The molecule has 3 aromatic rings. The Kier molecular flexibility index (Phi) is 4.88. The largest absolute Gasteiger partial charge is 0.497 e. The van der Waals surface area contributed by atoms with Crippen molar-refractivity contribution in [3.8, 4) is 5.75 Å². The van der Waals surface area contributed by atoms with Gasteiger partial charge in [0.2, 0.25) is 5.91 Å². The Labute approximate surface area is 145 Å². The van der Waals surface area contributed by atoms with Crippen molar-refractivity contribution in [2.75, 3.05) is 13.7 Å². The van der Waals surface area contributed by atoms with Crippen LogP contribution in [0.25, 0.3) is 11.1 Å². The molecule has 0 radical (unpaired) electrons. The number of nitrogens with one attached hydrogen (secondary N) is 1. The second kappa shape index (κ2) is 7.25. The monoisotopic (exact) mass is 340 g/mol. The van der Waals surface area contributed by atoms with E-state index in [4.69, 9.17) is 9.15 Å². The molecule has 0 bridgehead atoms. The Hall–Kier alpha value is -3.02. The van der Waals surface area contributed by atoms with Gasteiger partial charge in [0, 0.05) is 13.6 Å². The summed E-state index contributed by atoms with van der Waals surface area (Å²) in [5.41, 5.74) is 3.26. The third-order valence-electron chi connectivity index (χ3n) is 4.09. The molecular formula is C19H20N2O4. The molecule has 25 heavy (non-hydrogen) atoms. The first kappa shape index (κ1) is 16.8. The third kappa shape index (κ3) is 3.91. The maximum atomic E-state index is 12.1. The van der Waals surface area contributed by atoms with Gasteiger partial charge in [-0.25, -0.2) is 4.79 Å². The number of hydrogen-bond acceptors (Lipinski definition) is 4. The van der Waals surface area contributed by atoms with Gasteiger partial charge < -0.3 is 14.5 Å². The van der Waals surface area contributed by atoms with E-state index in [9.17, 15) is 9.59 Å². The number of carbonyl (C=O) groups is 1. The van der Waals surface area contributed by atoms with E-state index in [2.05, 4.69) is 5.32 Å². The summed E-state index contributed by atoms with van der Waals surface area (Å²) >= 11 is 0. The lowest BCUT2D eigenvalue weighted by Crippen LogP contribution is -2.27. The third-order valence-corrected chi connectivity index (χ3v) is 4.09. The molecule has 3 rings (SSSR count). The van der Waals surface area contributed by atoms with Gasteiger partial charge in [0.15, 0.2) is 5.58 Å². The molecular weight excluding hydrogens is 320 g/mol. The highest BCUT2D eigenvalue weighted by Gasteiger charge is 2.07. The maximum absolute atomic E-state index is 12.1. The zero-order valence-electron chi connectivity index (χ0n) is 14.2. The number of carbonyl (C=O) groups excluding carboxylic acids is 1. The molecule has 1 amide bonds. The van der Waals surface area contributed by atoms with Crippen LogP contribution in [0.5, 0.6) is 5.75 Å². The van der Waals surface area contributed by atoms with Gasteiger partial charge in [-0.3, -0.25) is 9.36 Å². The molecule has 0 aliphatic rings. The predicted octanol–water partition coefficient (Wildman–Crippen LogP) is 2.04. The van der Waals surface area contributed by atoms with Crippen LogP contribution in [0.2, 0.25) is 0 Å². The van der Waals surface area contributed by atoms with E-state index in [0.29, 0.717) is 25.0 Å². The lowest BCUT2D eigenvalue weighted by atomic mass is 10.1. The summed E-state index contributed by atoms with van der Waals surface area (Å²) in [6, 6.07) is 13.1. The molecule has 1 aromatic heterocycles. The van der Waals surface area contributed by atoms with Crippen LogP contribution >= 0.6 is 0 Å². The number of aromatic nitrogens is 1. The van der Waals surface area contributed by atoms with Crippen LogP contribution in [0.3, 0.4) is 0 Å². The second-order valence-corrected chi connectivity index (χ2v) is 5.86.